The first-order valence-corrected chi connectivity index (χ1v) is 9.58. The molecule has 1 amide bonds. The molecule has 2 aromatic rings. The number of rotatable bonds is 5. The number of nitrogens with zero attached hydrogens (tertiary/aromatic N) is 1. The minimum atomic E-state index is -0.797. The fourth-order valence-corrected chi connectivity index (χ4v) is 4.05. The molecular formula is C22H24N2O3. The lowest BCUT2D eigenvalue weighted by Crippen LogP contribution is -2.26. The van der Waals surface area contributed by atoms with Crippen molar-refractivity contribution in [3.8, 4) is 0 Å². The molecule has 2 aliphatic rings. The number of fused-ring (bicyclic) bond motifs is 1. The second-order valence-corrected chi connectivity index (χ2v) is 7.39. The molecule has 0 unspecified atom stereocenters. The number of hydrogen-bond donors (Lipinski definition) is 2. The number of anilines is 1. The monoisotopic (exact) mass is 364 g/mol. The van der Waals surface area contributed by atoms with Gasteiger partial charge < -0.3 is 15.3 Å². The van der Waals surface area contributed by atoms with Crippen molar-refractivity contribution in [2.24, 2.45) is 0 Å². The SMILES string of the molecule is O=C(O)CCc1ccc(N2Cc3cc(C4CCNCC4)ccc3C2=O)cc1. The lowest BCUT2D eigenvalue weighted by atomic mass is 9.88. The van der Waals surface area contributed by atoms with Crippen LogP contribution in [0.25, 0.3) is 0 Å². The number of nitrogens with one attached hydrogen (secondary N) is 1. The van der Waals surface area contributed by atoms with Crippen molar-refractivity contribution in [3.63, 3.8) is 0 Å². The van der Waals surface area contributed by atoms with Crippen molar-refractivity contribution in [2.45, 2.75) is 38.1 Å². The zero-order chi connectivity index (χ0) is 18.8. The van der Waals surface area contributed by atoms with Crippen LogP contribution in [0, 0.1) is 0 Å². The number of piperidine rings is 1. The van der Waals surface area contributed by atoms with Gasteiger partial charge in [-0.1, -0.05) is 24.3 Å². The molecule has 1 saturated heterocycles. The highest BCUT2D eigenvalue weighted by atomic mass is 16.4. The highest BCUT2D eigenvalue weighted by Gasteiger charge is 2.29. The number of carbonyl (C=O) groups excluding carboxylic acids is 1. The quantitative estimate of drug-likeness (QED) is 0.854. The van der Waals surface area contributed by atoms with Gasteiger partial charge in [-0.3, -0.25) is 9.59 Å². The zero-order valence-corrected chi connectivity index (χ0v) is 15.3. The van der Waals surface area contributed by atoms with E-state index in [-0.39, 0.29) is 12.3 Å². The largest absolute Gasteiger partial charge is 0.481 e. The zero-order valence-electron chi connectivity index (χ0n) is 15.3. The van der Waals surface area contributed by atoms with Crippen molar-refractivity contribution < 1.29 is 14.7 Å². The number of carboxylic acids is 1. The van der Waals surface area contributed by atoms with Gasteiger partial charge in [-0.15, -0.1) is 0 Å². The molecule has 0 aromatic heterocycles. The van der Waals surface area contributed by atoms with Gasteiger partial charge in [-0.05, 0) is 73.2 Å². The van der Waals surface area contributed by atoms with E-state index in [0.29, 0.717) is 18.9 Å². The normalized spacial score (nSPS) is 17.2. The number of carbonyl (C=O) groups is 2. The molecule has 5 nitrogen and oxygen atoms in total. The van der Waals surface area contributed by atoms with E-state index in [0.717, 1.165) is 48.3 Å². The molecule has 0 saturated carbocycles. The molecule has 2 aromatic carbocycles. The molecule has 140 valence electrons. The third-order valence-electron chi connectivity index (χ3n) is 5.62. The number of benzene rings is 2. The van der Waals surface area contributed by atoms with Crippen molar-refractivity contribution in [1.82, 2.24) is 5.32 Å². The van der Waals surface area contributed by atoms with Gasteiger partial charge in [-0.2, -0.15) is 0 Å². The fourth-order valence-electron chi connectivity index (χ4n) is 4.05. The molecule has 0 bridgehead atoms. The number of aliphatic carboxylic acids is 1. The Kier molecular flexibility index (Phi) is 4.94. The maximum absolute atomic E-state index is 12.8. The predicted octanol–water partition coefficient (Wildman–Crippen LogP) is 3.33. The summed E-state index contributed by atoms with van der Waals surface area (Å²) in [5.74, 6) is -0.178. The summed E-state index contributed by atoms with van der Waals surface area (Å²) in [7, 11) is 0. The first-order valence-electron chi connectivity index (χ1n) is 9.58. The minimum absolute atomic E-state index is 0.0418. The first-order chi connectivity index (χ1) is 13.1. The molecule has 0 radical (unpaired) electrons. The van der Waals surface area contributed by atoms with Gasteiger partial charge in [0, 0.05) is 17.7 Å². The maximum Gasteiger partial charge on any atom is 0.303 e. The Balaban J connectivity index is 1.50. The number of carboxylic acid groups (broad SMARTS) is 1. The molecule has 4 rings (SSSR count). The topological polar surface area (TPSA) is 69.6 Å². The molecule has 5 heteroatoms. The maximum atomic E-state index is 12.8. The number of aryl methyl sites for hydroxylation is 1. The van der Waals surface area contributed by atoms with Gasteiger partial charge in [0.2, 0.25) is 0 Å². The Morgan fingerprint density at radius 1 is 1.11 bits per heavy atom. The predicted molar refractivity (Wildman–Crippen MR) is 104 cm³/mol. The van der Waals surface area contributed by atoms with Crippen LogP contribution in [-0.2, 0) is 17.8 Å². The van der Waals surface area contributed by atoms with E-state index in [1.54, 1.807) is 4.90 Å². The first kappa shape index (κ1) is 17.7. The third-order valence-corrected chi connectivity index (χ3v) is 5.62. The summed E-state index contributed by atoms with van der Waals surface area (Å²) in [6.07, 6.45) is 2.92. The van der Waals surface area contributed by atoms with E-state index in [1.807, 2.05) is 30.3 Å². The van der Waals surface area contributed by atoms with Crippen LogP contribution in [0.1, 0.15) is 52.2 Å². The highest BCUT2D eigenvalue weighted by Crippen LogP contribution is 2.33. The van der Waals surface area contributed by atoms with Crippen LogP contribution in [0.3, 0.4) is 0 Å². The minimum Gasteiger partial charge on any atom is -0.481 e. The van der Waals surface area contributed by atoms with Gasteiger partial charge in [0.05, 0.1) is 6.54 Å². The summed E-state index contributed by atoms with van der Waals surface area (Å²) < 4.78 is 0. The average molecular weight is 364 g/mol. The van der Waals surface area contributed by atoms with Crippen LogP contribution in [0.15, 0.2) is 42.5 Å². The number of amides is 1. The second-order valence-electron chi connectivity index (χ2n) is 7.39. The van der Waals surface area contributed by atoms with E-state index >= 15 is 0 Å². The van der Waals surface area contributed by atoms with E-state index in [1.165, 1.54) is 5.56 Å². The van der Waals surface area contributed by atoms with Gasteiger partial charge >= 0.3 is 5.97 Å². The smallest absolute Gasteiger partial charge is 0.303 e. The summed E-state index contributed by atoms with van der Waals surface area (Å²) in [5.41, 5.74) is 5.07. The summed E-state index contributed by atoms with van der Waals surface area (Å²) in [5, 5.41) is 12.2. The summed E-state index contributed by atoms with van der Waals surface area (Å²) >= 11 is 0. The van der Waals surface area contributed by atoms with Gasteiger partial charge in [0.15, 0.2) is 0 Å². The van der Waals surface area contributed by atoms with Gasteiger partial charge in [0.25, 0.3) is 5.91 Å². The van der Waals surface area contributed by atoms with Crippen LogP contribution in [0.4, 0.5) is 5.69 Å². The lowest BCUT2D eigenvalue weighted by molar-refractivity contribution is -0.136. The molecule has 1 fully saturated rings. The Labute approximate surface area is 159 Å². The Morgan fingerprint density at radius 3 is 2.56 bits per heavy atom. The highest BCUT2D eigenvalue weighted by molar-refractivity contribution is 6.10. The number of hydrogen-bond acceptors (Lipinski definition) is 3. The van der Waals surface area contributed by atoms with Crippen LogP contribution >= 0.6 is 0 Å². The molecular weight excluding hydrogens is 340 g/mol. The molecule has 27 heavy (non-hydrogen) atoms. The second kappa shape index (κ2) is 7.53. The summed E-state index contributed by atoms with van der Waals surface area (Å²) in [4.78, 5) is 25.3. The molecule has 0 atom stereocenters. The Bertz CT molecular complexity index is 854. The molecule has 0 spiro atoms. The van der Waals surface area contributed by atoms with E-state index < -0.39 is 5.97 Å². The molecule has 2 N–H and O–H groups in total. The summed E-state index contributed by atoms with van der Waals surface area (Å²) in [6.45, 7) is 2.71. The van der Waals surface area contributed by atoms with Crippen molar-refractivity contribution in [3.05, 3.63) is 64.7 Å². The van der Waals surface area contributed by atoms with E-state index in [9.17, 15) is 9.59 Å². The van der Waals surface area contributed by atoms with Crippen LogP contribution < -0.4 is 10.2 Å². The Morgan fingerprint density at radius 2 is 1.85 bits per heavy atom. The Hall–Kier alpha value is -2.66. The van der Waals surface area contributed by atoms with Gasteiger partial charge in [-0.25, -0.2) is 0 Å². The standard InChI is InChI=1S/C22H24N2O3/c25-21(26)8-3-15-1-5-19(6-2-15)24-14-18-13-17(4-7-20(18)22(24)27)16-9-11-23-12-10-16/h1-2,4-7,13,16,23H,3,8-12,14H2,(H,25,26). The molecule has 0 aliphatic carbocycles. The lowest BCUT2D eigenvalue weighted by Gasteiger charge is -2.23. The van der Waals surface area contributed by atoms with Crippen LogP contribution in [0.5, 0.6) is 0 Å². The molecule has 2 heterocycles. The third kappa shape index (κ3) is 3.74. The average Bonchev–Trinajstić information content (AvgIpc) is 3.03. The van der Waals surface area contributed by atoms with Crippen LogP contribution in [-0.4, -0.2) is 30.1 Å². The van der Waals surface area contributed by atoms with Crippen molar-refractivity contribution in [1.29, 1.82) is 0 Å². The van der Waals surface area contributed by atoms with E-state index in [4.69, 9.17) is 5.11 Å². The summed E-state index contributed by atoms with van der Waals surface area (Å²) in [6, 6.07) is 14.0. The van der Waals surface area contributed by atoms with Crippen molar-refractivity contribution in [2.75, 3.05) is 18.0 Å². The van der Waals surface area contributed by atoms with E-state index in [2.05, 4.69) is 17.4 Å². The molecule has 2 aliphatic heterocycles. The fraction of sp³-hybridized carbons (Fsp3) is 0.364. The van der Waals surface area contributed by atoms with Gasteiger partial charge in [0.1, 0.15) is 0 Å². The van der Waals surface area contributed by atoms with Crippen LogP contribution in [0.2, 0.25) is 0 Å². The van der Waals surface area contributed by atoms with Crippen molar-refractivity contribution >= 4 is 17.6 Å².